The third-order valence-corrected chi connectivity index (χ3v) is 15.9. The van der Waals surface area contributed by atoms with E-state index in [1.54, 1.807) is 32.6 Å². The predicted molar refractivity (Wildman–Crippen MR) is 298 cm³/mol. The Morgan fingerprint density at radius 2 is 1.73 bits per heavy atom. The molecule has 5 N–H and O–H groups in total. The van der Waals surface area contributed by atoms with Crippen molar-refractivity contribution in [2.45, 2.75) is 95.9 Å². The summed E-state index contributed by atoms with van der Waals surface area (Å²) in [6.07, 6.45) is 8.19. The number of aliphatic hydroxyl groups excluding tert-OH is 2. The first-order chi connectivity index (χ1) is 38.8. The maximum absolute atomic E-state index is 16.1. The number of carbonyl (C=O) groups is 2. The van der Waals surface area contributed by atoms with Gasteiger partial charge in [-0.05, 0) is 91.1 Å². The summed E-state index contributed by atoms with van der Waals surface area (Å²) in [5.41, 5.74) is 9.57. The summed E-state index contributed by atoms with van der Waals surface area (Å²) in [7, 11) is 1.63. The molecule has 4 aromatic heterocycles. The molecule has 1 aliphatic carbocycles. The molecule has 80 heavy (non-hydrogen) atoms. The third kappa shape index (κ3) is 10.1. The molecule has 20 heteroatoms. The molecule has 1 saturated carbocycles. The lowest BCUT2D eigenvalue weighted by Crippen LogP contribution is -2.50. The number of ether oxygens (including phenoxy) is 3. The molecular formula is C60H63FN12O7. The van der Waals surface area contributed by atoms with Gasteiger partial charge in [0.1, 0.15) is 48.1 Å². The van der Waals surface area contributed by atoms with E-state index in [9.17, 15) is 19.8 Å². The molecule has 19 nitrogen and oxygen atoms in total. The number of H-pyrrole nitrogens is 1. The van der Waals surface area contributed by atoms with E-state index in [-0.39, 0.29) is 74.5 Å². The van der Waals surface area contributed by atoms with E-state index in [4.69, 9.17) is 24.2 Å². The van der Waals surface area contributed by atoms with Crippen LogP contribution in [0.4, 0.5) is 10.2 Å². The smallest absolute Gasteiger partial charge is 0.319 e. The number of hydrogen-bond acceptors (Lipinski definition) is 15. The van der Waals surface area contributed by atoms with E-state index in [2.05, 4.69) is 53.2 Å². The summed E-state index contributed by atoms with van der Waals surface area (Å²) in [4.78, 5) is 46.8. The monoisotopic (exact) mass is 1080 g/mol. The van der Waals surface area contributed by atoms with Crippen LogP contribution >= 0.6 is 0 Å². The maximum Gasteiger partial charge on any atom is 0.319 e. The Balaban J connectivity index is 0.824. The van der Waals surface area contributed by atoms with Crippen LogP contribution in [0.5, 0.6) is 11.8 Å². The number of nitrogens with one attached hydrogen (secondary N) is 3. The highest BCUT2D eigenvalue weighted by molar-refractivity contribution is 6.06. The van der Waals surface area contributed by atoms with Gasteiger partial charge >= 0.3 is 6.01 Å². The molecule has 8 aromatic rings. The van der Waals surface area contributed by atoms with Gasteiger partial charge in [-0.1, -0.05) is 73.7 Å². The average molecular weight is 1080 g/mol. The van der Waals surface area contributed by atoms with E-state index in [1.807, 2.05) is 87.5 Å². The van der Waals surface area contributed by atoms with E-state index in [0.717, 1.165) is 62.8 Å². The highest BCUT2D eigenvalue weighted by Gasteiger charge is 2.44. The highest BCUT2D eigenvalue weighted by atomic mass is 19.1. The van der Waals surface area contributed by atoms with Crippen molar-refractivity contribution in [2.75, 3.05) is 44.9 Å². The van der Waals surface area contributed by atoms with Crippen LogP contribution in [0.15, 0.2) is 109 Å². The molecule has 2 fully saturated rings. The van der Waals surface area contributed by atoms with E-state index in [0.29, 0.717) is 58.1 Å². The number of likely N-dealkylation sites (tertiary alicyclic amines) is 1. The molecule has 0 unspecified atom stereocenters. The minimum Gasteiger partial charge on any atom is -0.486 e. The van der Waals surface area contributed by atoms with E-state index >= 15 is 4.39 Å². The first-order valence-electron chi connectivity index (χ1n) is 27.3. The van der Waals surface area contributed by atoms with Crippen molar-refractivity contribution in [1.29, 1.82) is 0 Å². The zero-order valence-corrected chi connectivity index (χ0v) is 45.1. The second-order valence-electron chi connectivity index (χ2n) is 21.7. The molecule has 412 valence electrons. The zero-order valence-electron chi connectivity index (χ0n) is 45.1. The normalized spacial score (nSPS) is 19.0. The summed E-state index contributed by atoms with van der Waals surface area (Å²) < 4.78 is 36.5. The lowest BCUT2D eigenvalue weighted by atomic mass is 9.88. The fraction of sp³-hybridized carbons (Fsp3) is 0.367. The second kappa shape index (κ2) is 21.8. The van der Waals surface area contributed by atoms with Gasteiger partial charge in [0.25, 0.3) is 0 Å². The Labute approximate surface area is 461 Å². The van der Waals surface area contributed by atoms with Crippen molar-refractivity contribution < 1.29 is 38.4 Å². The number of carbonyl (C=O) groups excluding carboxylic acids is 2. The third-order valence-electron chi connectivity index (χ3n) is 15.9. The van der Waals surface area contributed by atoms with Crippen LogP contribution in [-0.2, 0) is 20.9 Å². The van der Waals surface area contributed by atoms with Crippen molar-refractivity contribution in [2.24, 2.45) is 5.92 Å². The summed E-state index contributed by atoms with van der Waals surface area (Å²) in [6, 6.07) is 22.2. The number of benzene rings is 4. The first kappa shape index (κ1) is 52.5. The van der Waals surface area contributed by atoms with Crippen molar-refractivity contribution in [1.82, 2.24) is 55.7 Å². The number of aromatic nitrogens is 8. The van der Waals surface area contributed by atoms with Crippen molar-refractivity contribution in [3.8, 4) is 45.4 Å². The topological polar surface area (TPSA) is 231 Å². The minimum absolute atomic E-state index is 0.0355. The lowest BCUT2D eigenvalue weighted by Gasteiger charge is -2.30. The van der Waals surface area contributed by atoms with E-state index in [1.165, 1.54) is 15.6 Å². The van der Waals surface area contributed by atoms with Crippen LogP contribution in [0.3, 0.4) is 0 Å². The summed E-state index contributed by atoms with van der Waals surface area (Å²) >= 11 is 0. The number of aliphatic hydroxyl groups is 2. The van der Waals surface area contributed by atoms with Crippen LogP contribution < -0.4 is 25.0 Å². The Kier molecular flexibility index (Phi) is 14.3. The number of aromatic amines is 1. The molecule has 3 aliphatic heterocycles. The largest absolute Gasteiger partial charge is 0.486 e. The molecule has 0 radical (unpaired) electrons. The number of rotatable bonds is 19. The van der Waals surface area contributed by atoms with Gasteiger partial charge in [-0.3, -0.25) is 19.7 Å². The number of piperazine rings is 1. The predicted octanol–water partition coefficient (Wildman–Crippen LogP) is 7.50. The van der Waals surface area contributed by atoms with Gasteiger partial charge in [0, 0.05) is 84.1 Å². The van der Waals surface area contributed by atoms with Crippen LogP contribution in [-0.4, -0.2) is 131 Å². The number of β-amino-alcohol motifs (C(OH)–C–C–N with tert-alkyl or cyclic N) is 1. The van der Waals surface area contributed by atoms with E-state index < -0.39 is 30.1 Å². The lowest BCUT2D eigenvalue weighted by molar-refractivity contribution is -0.142. The van der Waals surface area contributed by atoms with Crippen molar-refractivity contribution >= 4 is 39.4 Å². The molecule has 7 heterocycles. The summed E-state index contributed by atoms with van der Waals surface area (Å²) in [5.74, 6) is -0.135. The number of methoxy groups -OCH3 is 1. The van der Waals surface area contributed by atoms with Crippen molar-refractivity contribution in [3.05, 3.63) is 137 Å². The molecule has 2 amide bonds. The Hall–Kier alpha value is -8.17. The fourth-order valence-corrected chi connectivity index (χ4v) is 11.3. The van der Waals surface area contributed by atoms with Crippen LogP contribution in [0.1, 0.15) is 80.3 Å². The number of halogens is 1. The minimum atomic E-state index is -0.988. The number of nitrogens with zero attached hydrogens (tertiary/aromatic N) is 9. The molecule has 6 atom stereocenters. The van der Waals surface area contributed by atoms with Crippen LogP contribution in [0.25, 0.3) is 55.4 Å². The summed E-state index contributed by atoms with van der Waals surface area (Å²) in [6.45, 7) is 8.79. The molecule has 12 rings (SSSR count). The highest BCUT2D eigenvalue weighted by Crippen LogP contribution is 2.53. The quantitative estimate of drug-likeness (QED) is 0.0528. The zero-order chi connectivity index (χ0) is 55.3. The Morgan fingerprint density at radius 1 is 0.938 bits per heavy atom. The SMILES string of the molecule is CO[C@@H](C)COc1nc(N2C[C@@H]3C=C2CN3)c2cc(C3CC3)c(-c3c(C)c(F)cc4[nH]ncc34)c(OCc3ccc(-c4cn([C@H](C(=O)N5C[C@H](O)C[C@H]5C(=O)N[C@@H](CO)c5ccc(-c6ccccn6)cc5)C(C)C)nn4)cc3)c2n1. The molecule has 0 spiro atoms. The maximum atomic E-state index is 16.1. The average Bonchev–Trinajstić information content (AvgIpc) is 3.64. The van der Waals surface area contributed by atoms with Gasteiger partial charge in [-0.2, -0.15) is 15.1 Å². The van der Waals surface area contributed by atoms with Gasteiger partial charge in [-0.25, -0.2) is 9.07 Å². The molecule has 2 bridgehead atoms. The van der Waals surface area contributed by atoms with Crippen LogP contribution in [0.2, 0.25) is 0 Å². The van der Waals surface area contributed by atoms with Gasteiger partial charge in [-0.15, -0.1) is 5.10 Å². The van der Waals surface area contributed by atoms with Gasteiger partial charge in [0.05, 0.1) is 48.5 Å². The molecule has 4 aromatic carbocycles. The Morgan fingerprint density at radius 3 is 2.42 bits per heavy atom. The number of fused-ring (bicyclic) bond motifs is 3. The molecule has 4 aliphatic rings. The van der Waals surface area contributed by atoms with Gasteiger partial charge in [0.15, 0.2) is 5.75 Å². The fourth-order valence-electron chi connectivity index (χ4n) is 11.3. The Bertz CT molecular complexity index is 3640. The number of pyridine rings is 1. The van der Waals surface area contributed by atoms with Gasteiger partial charge < -0.3 is 44.9 Å². The van der Waals surface area contributed by atoms with Crippen LogP contribution in [0, 0.1) is 18.7 Å². The molecular weight excluding hydrogens is 1020 g/mol. The van der Waals surface area contributed by atoms with Gasteiger partial charge in [0.2, 0.25) is 11.8 Å². The first-order valence-corrected chi connectivity index (χ1v) is 27.3. The van der Waals surface area contributed by atoms with Crippen molar-refractivity contribution in [3.63, 3.8) is 0 Å². The second-order valence-corrected chi connectivity index (χ2v) is 21.7. The molecule has 1 saturated heterocycles. The number of amides is 2. The standard InChI is InChI=1S/C60H63FN12O7/c1-32(2)55(59(77)72-27-42(75)21-51(72)58(76)65-50(29-74)39-17-15-37(16-18-39)47-8-6-7-19-62-47)73-28-49(69-70-73)38-11-9-35(10-12-38)31-79-56-53(52-34(4)46(61)23-48-45(52)25-64-68-48)43(36-13-14-36)22-44-54(56)66-60(80-30-33(3)78-5)67-57(44)71-26-40-20-41(71)24-63-40/h6-12,15-20,22-23,25,28,32-33,36,40,42,50-51,55,63,74-75H,13-14,21,24,26-27,29-31H2,1-5H3,(H,64,68)(H,65,76)/t33-,40-,42+,50-,51-,55-/m0/s1. The summed E-state index contributed by atoms with van der Waals surface area (Å²) in [5, 5.41) is 45.6. The number of anilines is 1. The number of hydrogen-bond donors (Lipinski definition) is 5.